The Morgan fingerprint density at radius 3 is 2.41 bits per heavy atom. The van der Waals surface area contributed by atoms with Crippen LogP contribution in [0.15, 0.2) is 41.2 Å². The molecular weight excluding hydrogens is 446 g/mol. The number of aromatic nitrogens is 1. The molecule has 4 rings (SSSR count). The van der Waals surface area contributed by atoms with Gasteiger partial charge in [0.05, 0.1) is 15.2 Å². The molecule has 0 atom stereocenters. The molecule has 0 spiro atoms. The molecule has 8 heteroatoms. The monoisotopic (exact) mass is 471 g/mol. The molecule has 168 valence electrons. The van der Waals surface area contributed by atoms with Gasteiger partial charge in [-0.05, 0) is 32.0 Å². The predicted molar refractivity (Wildman–Crippen MR) is 129 cm³/mol. The fourth-order valence-electron chi connectivity index (χ4n) is 4.04. The molecular formula is C24H26ClN3O3S. The lowest BCUT2D eigenvalue weighted by Crippen LogP contribution is -2.49. The van der Waals surface area contributed by atoms with E-state index in [0.29, 0.717) is 34.4 Å². The number of halogens is 1. The van der Waals surface area contributed by atoms with Crippen molar-refractivity contribution in [2.45, 2.75) is 26.8 Å². The minimum atomic E-state index is -0.228. The Morgan fingerprint density at radius 2 is 1.75 bits per heavy atom. The lowest BCUT2D eigenvalue weighted by atomic mass is 10.0. The van der Waals surface area contributed by atoms with E-state index in [0.717, 1.165) is 43.0 Å². The lowest BCUT2D eigenvalue weighted by Gasteiger charge is -2.34. The number of hydrogen-bond acceptors (Lipinski definition) is 5. The summed E-state index contributed by atoms with van der Waals surface area (Å²) in [6.07, 6.45) is 1.10. The van der Waals surface area contributed by atoms with Crippen LogP contribution in [0.2, 0.25) is 5.02 Å². The summed E-state index contributed by atoms with van der Waals surface area (Å²) in [6, 6.07) is 10.6. The molecule has 1 fully saturated rings. The van der Waals surface area contributed by atoms with Gasteiger partial charge < -0.3 is 4.90 Å². The number of ketones is 1. The first kappa shape index (κ1) is 22.7. The van der Waals surface area contributed by atoms with Crippen molar-refractivity contribution in [3.63, 3.8) is 0 Å². The standard InChI is InChI=1S/C24H26ClN3O3S/c1-3-8-26-9-11-27(12-10-26)22(29)15-28-20-14-19(25)18(13-21(20)32-24(28)31)23(30)17-6-4-16(2)5-7-17/h4-7,13-14H,3,8-12,15H2,1-2H3. The second-order valence-corrected chi connectivity index (χ2v) is 9.57. The van der Waals surface area contributed by atoms with Crippen molar-refractivity contribution in [2.24, 2.45) is 0 Å². The fourth-order valence-corrected chi connectivity index (χ4v) is 5.20. The van der Waals surface area contributed by atoms with Crippen molar-refractivity contribution in [3.8, 4) is 0 Å². The van der Waals surface area contributed by atoms with E-state index in [2.05, 4.69) is 11.8 Å². The quantitative estimate of drug-likeness (QED) is 0.513. The van der Waals surface area contributed by atoms with Gasteiger partial charge in [-0.1, -0.05) is 59.7 Å². The summed E-state index contributed by atoms with van der Waals surface area (Å²) in [5.74, 6) is -0.260. The van der Waals surface area contributed by atoms with Gasteiger partial charge in [-0.25, -0.2) is 0 Å². The van der Waals surface area contributed by atoms with Crippen LogP contribution in [-0.4, -0.2) is 58.8 Å². The minimum Gasteiger partial charge on any atom is -0.339 e. The third-order valence-electron chi connectivity index (χ3n) is 5.87. The van der Waals surface area contributed by atoms with Crippen molar-refractivity contribution in [2.75, 3.05) is 32.7 Å². The van der Waals surface area contributed by atoms with Gasteiger partial charge in [-0.2, -0.15) is 0 Å². The maximum atomic E-state index is 12.9. The van der Waals surface area contributed by atoms with E-state index in [9.17, 15) is 14.4 Å². The van der Waals surface area contributed by atoms with Gasteiger partial charge in [0.15, 0.2) is 5.78 Å². The fraction of sp³-hybridized carbons (Fsp3) is 0.375. The Hall–Kier alpha value is -2.48. The third kappa shape index (κ3) is 4.65. The molecule has 2 heterocycles. The molecule has 1 aliphatic rings. The van der Waals surface area contributed by atoms with Gasteiger partial charge in [0.25, 0.3) is 0 Å². The summed E-state index contributed by atoms with van der Waals surface area (Å²) in [5, 5.41) is 0.273. The molecule has 1 aliphatic heterocycles. The second kappa shape index (κ2) is 9.57. The highest BCUT2D eigenvalue weighted by Gasteiger charge is 2.23. The van der Waals surface area contributed by atoms with Crippen molar-refractivity contribution < 1.29 is 9.59 Å². The predicted octanol–water partition coefficient (Wildman–Crippen LogP) is 3.81. The summed E-state index contributed by atoms with van der Waals surface area (Å²) in [7, 11) is 0. The number of thiazole rings is 1. The van der Waals surface area contributed by atoms with E-state index >= 15 is 0 Å². The molecule has 1 saturated heterocycles. The highest BCUT2D eigenvalue weighted by atomic mass is 35.5. The number of rotatable bonds is 6. The van der Waals surface area contributed by atoms with Crippen molar-refractivity contribution in [1.82, 2.24) is 14.4 Å². The zero-order valence-corrected chi connectivity index (χ0v) is 19.8. The van der Waals surface area contributed by atoms with E-state index in [4.69, 9.17) is 11.6 Å². The maximum Gasteiger partial charge on any atom is 0.308 e. The van der Waals surface area contributed by atoms with Gasteiger partial charge in [0.1, 0.15) is 6.54 Å². The second-order valence-electron chi connectivity index (χ2n) is 8.17. The van der Waals surface area contributed by atoms with Gasteiger partial charge in [0, 0.05) is 37.3 Å². The van der Waals surface area contributed by atoms with Crippen LogP contribution in [0.25, 0.3) is 10.2 Å². The SMILES string of the molecule is CCCN1CCN(C(=O)Cn2c(=O)sc3cc(C(=O)c4ccc(C)cc4)c(Cl)cc32)CC1. The summed E-state index contributed by atoms with van der Waals surface area (Å²) in [6.45, 7) is 8.19. The molecule has 0 N–H and O–H groups in total. The number of aryl methyl sites for hydroxylation is 1. The molecule has 3 aromatic rings. The van der Waals surface area contributed by atoms with Gasteiger partial charge in [0.2, 0.25) is 5.91 Å². The zero-order chi connectivity index (χ0) is 22.8. The van der Waals surface area contributed by atoms with E-state index in [1.165, 1.54) is 4.57 Å². The normalized spacial score (nSPS) is 14.8. The van der Waals surface area contributed by atoms with Crippen LogP contribution in [0.3, 0.4) is 0 Å². The van der Waals surface area contributed by atoms with Crippen molar-refractivity contribution >= 4 is 44.8 Å². The van der Waals surface area contributed by atoms with Crippen LogP contribution < -0.4 is 4.87 Å². The molecule has 6 nitrogen and oxygen atoms in total. The summed E-state index contributed by atoms with van der Waals surface area (Å²) in [5.41, 5.74) is 2.55. The number of hydrogen-bond donors (Lipinski definition) is 0. The van der Waals surface area contributed by atoms with Gasteiger partial charge >= 0.3 is 4.87 Å². The first-order valence-corrected chi connectivity index (χ1v) is 12.0. The van der Waals surface area contributed by atoms with Crippen LogP contribution >= 0.6 is 22.9 Å². The Labute approximate surface area is 196 Å². The number of benzene rings is 2. The molecule has 0 bridgehead atoms. The molecule has 0 radical (unpaired) electrons. The zero-order valence-electron chi connectivity index (χ0n) is 18.3. The Bertz CT molecular complexity index is 1210. The van der Waals surface area contributed by atoms with E-state index in [1.807, 2.05) is 24.0 Å². The number of piperazine rings is 1. The van der Waals surface area contributed by atoms with Gasteiger partial charge in [-0.15, -0.1) is 0 Å². The summed E-state index contributed by atoms with van der Waals surface area (Å²) >= 11 is 7.49. The number of nitrogens with zero attached hydrogens (tertiary/aromatic N) is 3. The molecule has 1 aromatic heterocycles. The Morgan fingerprint density at radius 1 is 1.06 bits per heavy atom. The van der Waals surface area contributed by atoms with Crippen LogP contribution in [0.1, 0.15) is 34.8 Å². The van der Waals surface area contributed by atoms with E-state index in [1.54, 1.807) is 24.3 Å². The van der Waals surface area contributed by atoms with Crippen molar-refractivity contribution in [3.05, 3.63) is 67.8 Å². The third-order valence-corrected chi connectivity index (χ3v) is 7.13. The highest BCUT2D eigenvalue weighted by molar-refractivity contribution is 7.16. The first-order valence-electron chi connectivity index (χ1n) is 10.8. The van der Waals surface area contributed by atoms with E-state index in [-0.39, 0.29) is 28.1 Å². The Balaban J connectivity index is 1.56. The highest BCUT2D eigenvalue weighted by Crippen LogP contribution is 2.28. The molecule has 2 aromatic carbocycles. The molecule has 1 amide bonds. The Kier molecular flexibility index (Phi) is 6.79. The topological polar surface area (TPSA) is 62.6 Å². The molecule has 32 heavy (non-hydrogen) atoms. The molecule has 0 saturated carbocycles. The summed E-state index contributed by atoms with van der Waals surface area (Å²) in [4.78, 5) is 42.4. The number of carbonyl (C=O) groups excluding carboxylic acids is 2. The van der Waals surface area contributed by atoms with Crippen LogP contribution in [0.5, 0.6) is 0 Å². The average molecular weight is 472 g/mol. The van der Waals surface area contributed by atoms with Crippen molar-refractivity contribution in [1.29, 1.82) is 0 Å². The lowest BCUT2D eigenvalue weighted by molar-refractivity contribution is -0.133. The van der Waals surface area contributed by atoms with Gasteiger partial charge in [-0.3, -0.25) is 23.9 Å². The van der Waals surface area contributed by atoms with Crippen LogP contribution in [0, 0.1) is 6.92 Å². The van der Waals surface area contributed by atoms with Crippen LogP contribution in [-0.2, 0) is 11.3 Å². The minimum absolute atomic E-state index is 0.0196. The molecule has 0 unspecified atom stereocenters. The summed E-state index contributed by atoms with van der Waals surface area (Å²) < 4.78 is 2.11. The smallest absolute Gasteiger partial charge is 0.308 e. The number of amides is 1. The maximum absolute atomic E-state index is 12.9. The van der Waals surface area contributed by atoms with Crippen LogP contribution in [0.4, 0.5) is 0 Å². The number of fused-ring (bicyclic) bond motifs is 1. The van der Waals surface area contributed by atoms with E-state index < -0.39 is 0 Å². The number of carbonyl (C=O) groups is 2. The molecule has 0 aliphatic carbocycles. The average Bonchev–Trinajstić information content (AvgIpc) is 3.08. The first-order chi connectivity index (χ1) is 15.4. The largest absolute Gasteiger partial charge is 0.339 e.